The van der Waals surface area contributed by atoms with Gasteiger partial charge in [0.15, 0.2) is 6.61 Å². The zero-order chi connectivity index (χ0) is 18.8. The van der Waals surface area contributed by atoms with Crippen molar-refractivity contribution < 1.29 is 18.7 Å². The van der Waals surface area contributed by atoms with Crippen molar-refractivity contribution in [2.24, 2.45) is 0 Å². The number of carbonyl (C=O) groups is 2. The fourth-order valence-corrected chi connectivity index (χ4v) is 2.40. The minimum Gasteiger partial charge on any atom is -0.450 e. The fraction of sp³-hybridized carbons (Fsp3) is 0.188. The van der Waals surface area contributed by atoms with E-state index in [2.05, 4.69) is 20.4 Å². The number of amides is 1. The second-order valence-corrected chi connectivity index (χ2v) is 5.87. The van der Waals surface area contributed by atoms with Crippen LogP contribution in [-0.2, 0) is 9.53 Å². The first-order valence-electron chi connectivity index (χ1n) is 7.46. The van der Waals surface area contributed by atoms with Crippen LogP contribution in [0.5, 0.6) is 0 Å². The van der Waals surface area contributed by atoms with E-state index in [0.717, 1.165) is 17.5 Å². The molecule has 8 nitrogen and oxygen atoms in total. The van der Waals surface area contributed by atoms with Crippen LogP contribution in [0.3, 0.4) is 0 Å². The average Bonchev–Trinajstić information content (AvgIpc) is 3.00. The van der Waals surface area contributed by atoms with Gasteiger partial charge in [0.2, 0.25) is 0 Å². The summed E-state index contributed by atoms with van der Waals surface area (Å²) in [7, 11) is 0. The van der Waals surface area contributed by atoms with Gasteiger partial charge in [0.25, 0.3) is 17.5 Å². The van der Waals surface area contributed by atoms with Gasteiger partial charge in [-0.1, -0.05) is 11.6 Å². The van der Waals surface area contributed by atoms with E-state index in [4.69, 9.17) is 16.3 Å². The zero-order valence-corrected chi connectivity index (χ0v) is 14.5. The molecular formula is C16H13ClFN5O3. The number of esters is 1. The number of benzene rings is 1. The van der Waals surface area contributed by atoms with Crippen LogP contribution >= 0.6 is 11.6 Å². The van der Waals surface area contributed by atoms with Crippen LogP contribution in [0.15, 0.2) is 24.3 Å². The van der Waals surface area contributed by atoms with E-state index in [-0.39, 0.29) is 22.3 Å². The Morgan fingerprint density at radius 2 is 2.04 bits per heavy atom. The molecule has 0 aliphatic rings. The van der Waals surface area contributed by atoms with E-state index in [9.17, 15) is 14.0 Å². The number of rotatable bonds is 4. The maximum absolute atomic E-state index is 13.6. The number of fused-ring (bicyclic) bond motifs is 1. The molecule has 2 aromatic heterocycles. The molecule has 0 fully saturated rings. The van der Waals surface area contributed by atoms with Crippen molar-refractivity contribution in [1.29, 1.82) is 0 Å². The summed E-state index contributed by atoms with van der Waals surface area (Å²) in [5, 5.41) is 6.52. The van der Waals surface area contributed by atoms with Gasteiger partial charge in [-0.25, -0.2) is 18.7 Å². The van der Waals surface area contributed by atoms with Gasteiger partial charge in [-0.05, 0) is 38.1 Å². The second-order valence-electron chi connectivity index (χ2n) is 5.43. The minimum atomic E-state index is -0.894. The number of aryl methyl sites for hydroxylation is 2. The van der Waals surface area contributed by atoms with E-state index in [1.54, 1.807) is 19.9 Å². The van der Waals surface area contributed by atoms with Gasteiger partial charge in [-0.15, -0.1) is 5.10 Å². The van der Waals surface area contributed by atoms with Crippen molar-refractivity contribution in [3.05, 3.63) is 52.3 Å². The van der Waals surface area contributed by atoms with Gasteiger partial charge in [-0.2, -0.15) is 4.98 Å². The highest BCUT2D eigenvalue weighted by atomic mass is 35.5. The number of hydrogen-bond acceptors (Lipinski definition) is 6. The van der Waals surface area contributed by atoms with Crippen molar-refractivity contribution >= 4 is 34.9 Å². The van der Waals surface area contributed by atoms with E-state index >= 15 is 0 Å². The predicted octanol–water partition coefficient (Wildman–Crippen LogP) is 2.33. The Labute approximate surface area is 152 Å². The highest BCUT2D eigenvalue weighted by Gasteiger charge is 2.18. The number of anilines is 1. The van der Waals surface area contributed by atoms with Crippen molar-refractivity contribution in [1.82, 2.24) is 19.6 Å². The molecule has 0 saturated carbocycles. The Balaban J connectivity index is 1.66. The number of carbonyl (C=O) groups excluding carboxylic acids is 2. The molecule has 0 aliphatic carbocycles. The van der Waals surface area contributed by atoms with Gasteiger partial charge >= 0.3 is 5.97 Å². The van der Waals surface area contributed by atoms with Crippen LogP contribution in [-0.4, -0.2) is 38.1 Å². The van der Waals surface area contributed by atoms with Gasteiger partial charge in [0.1, 0.15) is 5.82 Å². The third-order valence-corrected chi connectivity index (χ3v) is 3.57. The maximum Gasteiger partial charge on any atom is 0.378 e. The molecule has 1 aromatic carbocycles. The SMILES string of the molecule is Cc1cc(C)n2nc(C(=O)OCC(=O)Nc3cc(Cl)ccc3F)nc2n1. The quantitative estimate of drug-likeness (QED) is 0.701. The highest BCUT2D eigenvalue weighted by molar-refractivity contribution is 6.30. The Bertz CT molecular complexity index is 1020. The van der Waals surface area contributed by atoms with E-state index in [1.807, 2.05) is 0 Å². The number of ether oxygens (including phenoxy) is 1. The third-order valence-electron chi connectivity index (χ3n) is 3.34. The molecular weight excluding hydrogens is 365 g/mol. The Morgan fingerprint density at radius 1 is 1.27 bits per heavy atom. The number of hydrogen-bond donors (Lipinski definition) is 1. The molecule has 0 atom stereocenters. The summed E-state index contributed by atoms with van der Waals surface area (Å²) in [6.45, 7) is 2.95. The molecule has 0 aliphatic heterocycles. The molecule has 0 radical (unpaired) electrons. The summed E-state index contributed by atoms with van der Waals surface area (Å²) >= 11 is 5.74. The van der Waals surface area contributed by atoms with Crippen molar-refractivity contribution in [2.45, 2.75) is 13.8 Å². The van der Waals surface area contributed by atoms with Crippen molar-refractivity contribution in [2.75, 3.05) is 11.9 Å². The topological polar surface area (TPSA) is 98.5 Å². The van der Waals surface area contributed by atoms with Crippen molar-refractivity contribution in [3.63, 3.8) is 0 Å². The monoisotopic (exact) mass is 377 g/mol. The first-order valence-corrected chi connectivity index (χ1v) is 7.84. The molecule has 0 saturated heterocycles. The molecule has 1 N–H and O–H groups in total. The van der Waals surface area contributed by atoms with E-state index in [1.165, 1.54) is 16.6 Å². The summed E-state index contributed by atoms with van der Waals surface area (Å²) in [6.07, 6.45) is 0. The molecule has 1 amide bonds. The number of halogens is 2. The van der Waals surface area contributed by atoms with Gasteiger partial charge in [0.05, 0.1) is 5.69 Å². The smallest absolute Gasteiger partial charge is 0.378 e. The zero-order valence-electron chi connectivity index (χ0n) is 13.8. The maximum atomic E-state index is 13.6. The fourth-order valence-electron chi connectivity index (χ4n) is 2.23. The summed E-state index contributed by atoms with van der Waals surface area (Å²) in [5.41, 5.74) is 1.36. The number of nitrogens with one attached hydrogen (secondary N) is 1. The van der Waals surface area contributed by atoms with E-state index in [0.29, 0.717) is 0 Å². The Hall–Kier alpha value is -3.07. The first-order chi connectivity index (χ1) is 12.3. The third kappa shape index (κ3) is 3.77. The largest absolute Gasteiger partial charge is 0.450 e. The second kappa shape index (κ2) is 7.04. The van der Waals surface area contributed by atoms with Crippen LogP contribution in [0.2, 0.25) is 5.02 Å². The van der Waals surface area contributed by atoms with Gasteiger partial charge in [0, 0.05) is 16.4 Å². The Morgan fingerprint density at radius 3 is 2.81 bits per heavy atom. The molecule has 3 aromatic rings. The molecule has 134 valence electrons. The lowest BCUT2D eigenvalue weighted by Crippen LogP contribution is -2.22. The lowest BCUT2D eigenvalue weighted by atomic mass is 10.3. The number of aromatic nitrogens is 4. The van der Waals surface area contributed by atoms with Crippen LogP contribution in [0.25, 0.3) is 5.78 Å². The van der Waals surface area contributed by atoms with E-state index < -0.39 is 24.3 Å². The van der Waals surface area contributed by atoms with Gasteiger partial charge in [-0.3, -0.25) is 4.79 Å². The van der Waals surface area contributed by atoms with Crippen LogP contribution in [0.4, 0.5) is 10.1 Å². The molecule has 2 heterocycles. The lowest BCUT2D eigenvalue weighted by Gasteiger charge is -2.06. The average molecular weight is 378 g/mol. The first kappa shape index (κ1) is 17.7. The van der Waals surface area contributed by atoms with Crippen LogP contribution in [0, 0.1) is 19.7 Å². The molecule has 0 spiro atoms. The van der Waals surface area contributed by atoms with Crippen LogP contribution < -0.4 is 5.32 Å². The standard InChI is InChI=1S/C16H13ClFN5O3/c1-8-5-9(2)23-16(19-8)21-14(22-23)15(25)26-7-13(24)20-12-6-10(17)3-4-11(12)18/h3-6H,7H2,1-2H3,(H,20,24). The van der Waals surface area contributed by atoms with Gasteiger partial charge < -0.3 is 10.1 Å². The predicted molar refractivity (Wildman–Crippen MR) is 90.6 cm³/mol. The molecule has 3 rings (SSSR count). The molecule has 0 unspecified atom stereocenters. The minimum absolute atomic E-state index is 0.111. The van der Waals surface area contributed by atoms with Crippen molar-refractivity contribution in [3.8, 4) is 0 Å². The normalized spacial score (nSPS) is 10.8. The summed E-state index contributed by atoms with van der Waals surface area (Å²) in [5.74, 6) is -2.26. The Kier molecular flexibility index (Phi) is 4.81. The number of nitrogens with zero attached hydrogens (tertiary/aromatic N) is 4. The summed E-state index contributed by atoms with van der Waals surface area (Å²) in [6, 6.07) is 5.49. The molecule has 10 heteroatoms. The molecule has 26 heavy (non-hydrogen) atoms. The molecule has 0 bridgehead atoms. The summed E-state index contributed by atoms with van der Waals surface area (Å²) < 4.78 is 19.8. The van der Waals surface area contributed by atoms with Crippen LogP contribution in [0.1, 0.15) is 22.0 Å². The summed E-state index contributed by atoms with van der Waals surface area (Å²) in [4.78, 5) is 32.0. The lowest BCUT2D eigenvalue weighted by molar-refractivity contribution is -0.119. The highest BCUT2D eigenvalue weighted by Crippen LogP contribution is 2.19.